The van der Waals surface area contributed by atoms with Gasteiger partial charge in [0.05, 0.1) is 4.83 Å². The molecule has 0 aromatic rings. The maximum Gasteiger partial charge on any atom is 0.164 e. The normalized spacial score (nSPS) is 13.9. The highest BCUT2D eigenvalue weighted by Crippen LogP contribution is 2.13. The van der Waals surface area contributed by atoms with Crippen molar-refractivity contribution in [2.75, 3.05) is 5.33 Å². The van der Waals surface area contributed by atoms with E-state index in [0.29, 0.717) is 0 Å². The molecule has 0 heterocycles. The van der Waals surface area contributed by atoms with Gasteiger partial charge in [0.25, 0.3) is 0 Å². The molecule has 2 N–H and O–H groups in total. The number of aliphatic hydroxyl groups is 2. The van der Waals surface area contributed by atoms with Crippen molar-refractivity contribution in [1.29, 1.82) is 0 Å². The van der Waals surface area contributed by atoms with Crippen LogP contribution < -0.4 is 0 Å². The summed E-state index contributed by atoms with van der Waals surface area (Å²) in [4.78, 5) is -0.169. The average Bonchev–Trinajstić information content (AvgIpc) is 1.97. The Hall–Kier alpha value is 0.880. The first-order valence-corrected chi connectivity index (χ1v) is 5.78. The molecule has 2 nitrogen and oxygen atoms in total. The van der Waals surface area contributed by atoms with E-state index in [-0.39, 0.29) is 4.83 Å². The van der Waals surface area contributed by atoms with Gasteiger partial charge in [-0.2, -0.15) is 0 Å². The monoisotopic (exact) mass is 288 g/mol. The fraction of sp³-hybridized carbons (Fsp3) is 1.00. The lowest BCUT2D eigenvalue weighted by molar-refractivity contribution is -0.0400. The van der Waals surface area contributed by atoms with Gasteiger partial charge >= 0.3 is 0 Å². The second-order valence-electron chi connectivity index (χ2n) is 2.47. The fourth-order valence-electron chi connectivity index (χ4n) is 0.760. The van der Waals surface area contributed by atoms with E-state index < -0.39 is 6.29 Å². The van der Waals surface area contributed by atoms with Crippen molar-refractivity contribution in [3.63, 3.8) is 0 Å². The molecule has 0 spiro atoms. The highest BCUT2D eigenvalue weighted by atomic mass is 79.9. The number of unbranched alkanes of at least 4 members (excludes halogenated alkanes) is 2. The maximum atomic E-state index is 8.68. The SMILES string of the molecule is OC(O)C(Br)CCCCCBr. The van der Waals surface area contributed by atoms with Crippen LogP contribution in [0, 0.1) is 0 Å². The van der Waals surface area contributed by atoms with Gasteiger partial charge in [-0.25, -0.2) is 0 Å². The Morgan fingerprint density at radius 3 is 2.18 bits per heavy atom. The van der Waals surface area contributed by atoms with E-state index >= 15 is 0 Å². The summed E-state index contributed by atoms with van der Waals surface area (Å²) in [7, 11) is 0. The minimum absolute atomic E-state index is 0.169. The van der Waals surface area contributed by atoms with Crippen molar-refractivity contribution in [2.24, 2.45) is 0 Å². The molecular formula is C7H14Br2O2. The van der Waals surface area contributed by atoms with Gasteiger partial charge in [0.1, 0.15) is 0 Å². The molecule has 4 heteroatoms. The summed E-state index contributed by atoms with van der Waals surface area (Å²) in [5.41, 5.74) is 0. The highest BCUT2D eigenvalue weighted by Gasteiger charge is 2.10. The van der Waals surface area contributed by atoms with Gasteiger partial charge in [0.2, 0.25) is 0 Å². The van der Waals surface area contributed by atoms with E-state index in [1.54, 1.807) is 0 Å². The number of alkyl halides is 2. The standard InChI is InChI=1S/C7H14Br2O2/c8-5-3-1-2-4-6(9)7(10)11/h6-7,10-11H,1-5H2. The quantitative estimate of drug-likeness (QED) is 0.446. The topological polar surface area (TPSA) is 40.5 Å². The van der Waals surface area contributed by atoms with E-state index in [1.807, 2.05) is 0 Å². The molecule has 0 aromatic heterocycles. The first kappa shape index (κ1) is 11.9. The number of hydrogen-bond acceptors (Lipinski definition) is 2. The van der Waals surface area contributed by atoms with Crippen molar-refractivity contribution >= 4 is 31.9 Å². The summed E-state index contributed by atoms with van der Waals surface area (Å²) in [5.74, 6) is 0. The van der Waals surface area contributed by atoms with Gasteiger partial charge in [-0.15, -0.1) is 0 Å². The van der Waals surface area contributed by atoms with Gasteiger partial charge in [-0.3, -0.25) is 0 Å². The van der Waals surface area contributed by atoms with Crippen LogP contribution in [0.2, 0.25) is 0 Å². The van der Waals surface area contributed by atoms with Crippen LogP contribution in [0.15, 0.2) is 0 Å². The third-order valence-electron chi connectivity index (χ3n) is 1.44. The van der Waals surface area contributed by atoms with Gasteiger partial charge in [0, 0.05) is 5.33 Å². The first-order chi connectivity index (χ1) is 5.18. The molecule has 0 aromatic carbocycles. The van der Waals surface area contributed by atoms with Crippen LogP contribution in [0.4, 0.5) is 0 Å². The molecule has 0 saturated carbocycles. The molecule has 0 bridgehead atoms. The van der Waals surface area contributed by atoms with E-state index in [1.165, 1.54) is 0 Å². The molecule has 0 saturated heterocycles. The summed E-state index contributed by atoms with van der Waals surface area (Å²) in [6.45, 7) is 0. The van der Waals surface area contributed by atoms with Crippen molar-refractivity contribution in [2.45, 2.75) is 36.8 Å². The van der Waals surface area contributed by atoms with Crippen molar-refractivity contribution in [3.8, 4) is 0 Å². The Kier molecular flexibility index (Phi) is 8.13. The van der Waals surface area contributed by atoms with Gasteiger partial charge in [-0.05, 0) is 12.8 Å². The summed E-state index contributed by atoms with van der Waals surface area (Å²) in [6, 6.07) is 0. The van der Waals surface area contributed by atoms with Gasteiger partial charge in [-0.1, -0.05) is 44.7 Å². The van der Waals surface area contributed by atoms with Crippen LogP contribution in [0.1, 0.15) is 25.7 Å². The first-order valence-electron chi connectivity index (χ1n) is 3.74. The smallest absolute Gasteiger partial charge is 0.164 e. The lowest BCUT2D eigenvalue weighted by Crippen LogP contribution is -2.18. The Morgan fingerprint density at radius 1 is 1.09 bits per heavy atom. The van der Waals surface area contributed by atoms with Crippen LogP contribution in [0.3, 0.4) is 0 Å². The third-order valence-corrected chi connectivity index (χ3v) is 2.93. The second-order valence-corrected chi connectivity index (χ2v) is 4.44. The molecule has 0 rings (SSSR count). The number of halogens is 2. The van der Waals surface area contributed by atoms with Crippen LogP contribution in [-0.4, -0.2) is 26.7 Å². The van der Waals surface area contributed by atoms with E-state index in [9.17, 15) is 0 Å². The maximum absolute atomic E-state index is 8.68. The average molecular weight is 290 g/mol. The van der Waals surface area contributed by atoms with Crippen molar-refractivity contribution < 1.29 is 10.2 Å². The zero-order chi connectivity index (χ0) is 8.69. The lowest BCUT2D eigenvalue weighted by Gasteiger charge is -2.10. The lowest BCUT2D eigenvalue weighted by atomic mass is 10.1. The molecular weight excluding hydrogens is 276 g/mol. The zero-order valence-corrected chi connectivity index (χ0v) is 9.51. The summed E-state index contributed by atoms with van der Waals surface area (Å²) >= 11 is 6.52. The Balaban J connectivity index is 3.10. The predicted molar refractivity (Wildman–Crippen MR) is 53.2 cm³/mol. The van der Waals surface area contributed by atoms with E-state index in [4.69, 9.17) is 10.2 Å². The molecule has 1 atom stereocenters. The van der Waals surface area contributed by atoms with E-state index in [2.05, 4.69) is 31.9 Å². The fourth-order valence-corrected chi connectivity index (χ4v) is 1.48. The molecule has 0 aliphatic heterocycles. The minimum atomic E-state index is -1.22. The second kappa shape index (κ2) is 7.53. The number of hydrogen-bond donors (Lipinski definition) is 2. The molecule has 0 radical (unpaired) electrons. The van der Waals surface area contributed by atoms with Gasteiger partial charge < -0.3 is 10.2 Å². The molecule has 68 valence electrons. The summed E-state index contributed by atoms with van der Waals surface area (Å²) in [6.07, 6.45) is 2.93. The third kappa shape index (κ3) is 7.25. The Bertz CT molecular complexity index is 88.5. The molecule has 0 amide bonds. The van der Waals surface area contributed by atoms with Crippen LogP contribution >= 0.6 is 31.9 Å². The van der Waals surface area contributed by atoms with Crippen LogP contribution in [-0.2, 0) is 0 Å². The predicted octanol–water partition coefficient (Wildman–Crippen LogP) is 2.02. The van der Waals surface area contributed by atoms with Crippen molar-refractivity contribution in [3.05, 3.63) is 0 Å². The summed E-state index contributed by atoms with van der Waals surface area (Å²) < 4.78 is 0. The highest BCUT2D eigenvalue weighted by molar-refractivity contribution is 9.09. The van der Waals surface area contributed by atoms with Crippen LogP contribution in [0.25, 0.3) is 0 Å². The summed E-state index contributed by atoms with van der Waals surface area (Å²) in [5, 5.41) is 18.4. The molecule has 0 aliphatic rings. The Labute approximate surface area is 84.3 Å². The van der Waals surface area contributed by atoms with Crippen LogP contribution in [0.5, 0.6) is 0 Å². The molecule has 0 fully saturated rings. The molecule has 1 unspecified atom stereocenters. The largest absolute Gasteiger partial charge is 0.367 e. The Morgan fingerprint density at radius 2 is 1.73 bits per heavy atom. The zero-order valence-electron chi connectivity index (χ0n) is 6.34. The molecule has 11 heavy (non-hydrogen) atoms. The van der Waals surface area contributed by atoms with Crippen molar-refractivity contribution in [1.82, 2.24) is 0 Å². The molecule has 0 aliphatic carbocycles. The number of aliphatic hydroxyl groups excluding tert-OH is 1. The minimum Gasteiger partial charge on any atom is -0.367 e. The van der Waals surface area contributed by atoms with Gasteiger partial charge in [0.15, 0.2) is 6.29 Å². The van der Waals surface area contributed by atoms with E-state index in [0.717, 1.165) is 31.0 Å². The number of rotatable bonds is 6.